The van der Waals surface area contributed by atoms with Crippen molar-refractivity contribution >= 4 is 11.6 Å². The van der Waals surface area contributed by atoms with Crippen molar-refractivity contribution in [2.45, 2.75) is 32.8 Å². The minimum absolute atomic E-state index is 0.522. The molecule has 0 fully saturated rings. The summed E-state index contributed by atoms with van der Waals surface area (Å²) < 4.78 is 5.74. The van der Waals surface area contributed by atoms with E-state index in [1.54, 1.807) is 18.3 Å². The van der Waals surface area contributed by atoms with Crippen LogP contribution >= 0.6 is 11.6 Å². The number of rotatable bonds is 5. The van der Waals surface area contributed by atoms with Crippen LogP contribution in [0.2, 0.25) is 5.02 Å². The van der Waals surface area contributed by atoms with E-state index in [0.29, 0.717) is 17.9 Å². The first-order valence-corrected chi connectivity index (χ1v) is 7.12. The molecule has 3 nitrogen and oxygen atoms in total. The van der Waals surface area contributed by atoms with Crippen LogP contribution < -0.4 is 4.74 Å². The molecule has 0 amide bonds. The Morgan fingerprint density at radius 2 is 1.95 bits per heavy atom. The zero-order chi connectivity index (χ0) is 14.5. The fourth-order valence-electron chi connectivity index (χ4n) is 1.88. The lowest BCUT2D eigenvalue weighted by Gasteiger charge is -2.10. The van der Waals surface area contributed by atoms with Crippen molar-refractivity contribution in [1.82, 2.24) is 4.98 Å². The molecule has 0 aliphatic heterocycles. The molecule has 0 spiro atoms. The van der Waals surface area contributed by atoms with Gasteiger partial charge in [-0.1, -0.05) is 25.4 Å². The Morgan fingerprint density at radius 3 is 2.55 bits per heavy atom. The summed E-state index contributed by atoms with van der Waals surface area (Å²) in [6, 6.07) is 9.17. The van der Waals surface area contributed by atoms with Gasteiger partial charge >= 0.3 is 0 Å². The van der Waals surface area contributed by atoms with Gasteiger partial charge < -0.3 is 9.84 Å². The monoisotopic (exact) mass is 291 g/mol. The number of aromatic nitrogens is 1. The molecule has 0 aliphatic rings. The second kappa shape index (κ2) is 6.73. The van der Waals surface area contributed by atoms with E-state index >= 15 is 0 Å². The summed E-state index contributed by atoms with van der Waals surface area (Å²) in [4.78, 5) is 4.20. The lowest BCUT2D eigenvalue weighted by molar-refractivity contribution is 0.169. The molecule has 106 valence electrons. The first-order valence-electron chi connectivity index (χ1n) is 6.74. The highest BCUT2D eigenvalue weighted by Crippen LogP contribution is 2.27. The van der Waals surface area contributed by atoms with E-state index in [2.05, 4.69) is 4.98 Å². The molecule has 1 aromatic heterocycles. The summed E-state index contributed by atoms with van der Waals surface area (Å²) in [6.45, 7) is 3.96. The molecule has 0 saturated heterocycles. The summed E-state index contributed by atoms with van der Waals surface area (Å²) in [5.74, 6) is 1.37. The maximum absolute atomic E-state index is 9.69. The van der Waals surface area contributed by atoms with E-state index < -0.39 is 6.10 Å². The molecule has 0 saturated carbocycles. The van der Waals surface area contributed by atoms with E-state index in [-0.39, 0.29) is 0 Å². The van der Waals surface area contributed by atoms with Crippen molar-refractivity contribution in [1.29, 1.82) is 0 Å². The highest BCUT2D eigenvalue weighted by atomic mass is 35.5. The molecule has 1 heterocycles. The molecule has 1 N–H and O–H groups in total. The number of halogens is 1. The van der Waals surface area contributed by atoms with Crippen LogP contribution in [0, 0.1) is 0 Å². The minimum atomic E-state index is -0.522. The summed E-state index contributed by atoms with van der Waals surface area (Å²) in [6.07, 6.45) is 2.60. The van der Waals surface area contributed by atoms with E-state index in [4.69, 9.17) is 16.3 Å². The van der Waals surface area contributed by atoms with E-state index in [1.165, 1.54) is 0 Å². The zero-order valence-corrected chi connectivity index (χ0v) is 12.4. The Balaban J connectivity index is 2.14. The topological polar surface area (TPSA) is 42.4 Å². The second-order valence-corrected chi connectivity index (χ2v) is 4.96. The van der Waals surface area contributed by atoms with Crippen molar-refractivity contribution in [2.75, 3.05) is 0 Å². The highest BCUT2D eigenvalue weighted by molar-refractivity contribution is 6.31. The van der Waals surface area contributed by atoms with Gasteiger partial charge in [-0.05, 0) is 48.7 Å². The average molecular weight is 292 g/mol. The quantitative estimate of drug-likeness (QED) is 0.880. The Hall–Kier alpha value is -1.58. The largest absolute Gasteiger partial charge is 0.456 e. The van der Waals surface area contributed by atoms with Crippen molar-refractivity contribution < 1.29 is 9.84 Å². The fraction of sp³-hybridized carbons (Fsp3) is 0.312. The molecule has 2 aromatic rings. The molecule has 0 radical (unpaired) electrons. The maximum Gasteiger partial charge on any atom is 0.145 e. The van der Waals surface area contributed by atoms with E-state index in [1.807, 2.05) is 32.0 Å². The number of aliphatic hydroxyl groups is 1. The van der Waals surface area contributed by atoms with E-state index in [9.17, 15) is 5.11 Å². The Labute approximate surface area is 124 Å². The molecular weight excluding hydrogens is 274 g/mol. The van der Waals surface area contributed by atoms with Crippen molar-refractivity contribution in [3.8, 4) is 11.5 Å². The van der Waals surface area contributed by atoms with Crippen LogP contribution in [0.3, 0.4) is 0 Å². The number of aliphatic hydroxyl groups excluding tert-OH is 1. The van der Waals surface area contributed by atoms with Crippen molar-refractivity contribution in [3.05, 3.63) is 52.8 Å². The van der Waals surface area contributed by atoms with Gasteiger partial charge in [0.1, 0.15) is 11.5 Å². The van der Waals surface area contributed by atoms with Crippen LogP contribution in [0.1, 0.15) is 37.6 Å². The number of benzene rings is 1. The minimum Gasteiger partial charge on any atom is -0.456 e. The molecule has 4 heteroatoms. The normalized spacial score (nSPS) is 12.2. The molecule has 2 rings (SSSR count). The van der Waals surface area contributed by atoms with Gasteiger partial charge in [0.05, 0.1) is 18.0 Å². The standard InChI is InChI=1S/C16H18ClNO2/c1-3-11-9-12(5-7-14(11)17)20-13-6-8-15(18-10-13)16(19)4-2/h5-10,16,19H,3-4H2,1-2H3. The number of nitrogens with zero attached hydrogens (tertiary/aromatic N) is 1. The van der Waals surface area contributed by atoms with Gasteiger partial charge in [-0.15, -0.1) is 0 Å². The molecular formula is C16H18ClNO2. The average Bonchev–Trinajstić information content (AvgIpc) is 2.49. The van der Waals surface area contributed by atoms with Gasteiger partial charge in [0.2, 0.25) is 0 Å². The maximum atomic E-state index is 9.69. The lowest BCUT2D eigenvalue weighted by atomic mass is 10.1. The van der Waals surface area contributed by atoms with Crippen LogP contribution in [-0.2, 0) is 6.42 Å². The highest BCUT2D eigenvalue weighted by Gasteiger charge is 2.07. The number of aryl methyl sites for hydroxylation is 1. The van der Waals surface area contributed by atoms with Crippen LogP contribution in [0.15, 0.2) is 36.5 Å². The van der Waals surface area contributed by atoms with Crippen LogP contribution in [0.25, 0.3) is 0 Å². The lowest BCUT2D eigenvalue weighted by Crippen LogP contribution is -1.98. The molecule has 0 aliphatic carbocycles. The third kappa shape index (κ3) is 3.50. The number of hydrogen-bond donors (Lipinski definition) is 1. The smallest absolute Gasteiger partial charge is 0.145 e. The molecule has 1 unspecified atom stereocenters. The number of pyridine rings is 1. The molecule has 1 atom stereocenters. The number of hydrogen-bond acceptors (Lipinski definition) is 3. The summed E-state index contributed by atoms with van der Waals surface area (Å²) in [5.41, 5.74) is 1.71. The molecule has 1 aromatic carbocycles. The first-order chi connectivity index (χ1) is 9.63. The van der Waals surface area contributed by atoms with Crippen LogP contribution in [0.4, 0.5) is 0 Å². The van der Waals surface area contributed by atoms with Crippen molar-refractivity contribution in [3.63, 3.8) is 0 Å². The predicted octanol–water partition coefficient (Wildman–Crippen LogP) is 4.53. The zero-order valence-electron chi connectivity index (χ0n) is 11.6. The molecule has 0 bridgehead atoms. The first kappa shape index (κ1) is 14.8. The van der Waals surface area contributed by atoms with Crippen LogP contribution in [-0.4, -0.2) is 10.1 Å². The summed E-state index contributed by atoms with van der Waals surface area (Å²) in [5, 5.41) is 10.4. The predicted molar refractivity (Wildman–Crippen MR) is 80.4 cm³/mol. The van der Waals surface area contributed by atoms with Gasteiger partial charge in [-0.3, -0.25) is 4.98 Å². The van der Waals surface area contributed by atoms with Crippen LogP contribution in [0.5, 0.6) is 11.5 Å². The third-order valence-corrected chi connectivity index (χ3v) is 3.49. The van der Waals surface area contributed by atoms with Gasteiger partial charge in [0, 0.05) is 5.02 Å². The Bertz CT molecular complexity index is 569. The third-order valence-electron chi connectivity index (χ3n) is 3.12. The van der Waals surface area contributed by atoms with Gasteiger partial charge in [0.15, 0.2) is 0 Å². The van der Waals surface area contributed by atoms with Gasteiger partial charge in [0.25, 0.3) is 0 Å². The number of ether oxygens (including phenoxy) is 1. The van der Waals surface area contributed by atoms with Gasteiger partial charge in [-0.2, -0.15) is 0 Å². The Morgan fingerprint density at radius 1 is 1.20 bits per heavy atom. The van der Waals surface area contributed by atoms with Gasteiger partial charge in [-0.25, -0.2) is 0 Å². The molecule has 20 heavy (non-hydrogen) atoms. The SMILES string of the molecule is CCc1cc(Oc2ccc(C(O)CC)nc2)ccc1Cl. The summed E-state index contributed by atoms with van der Waals surface area (Å²) in [7, 11) is 0. The second-order valence-electron chi connectivity index (χ2n) is 4.55. The van der Waals surface area contributed by atoms with Crippen molar-refractivity contribution in [2.24, 2.45) is 0 Å². The Kier molecular flexibility index (Phi) is 4.99. The summed E-state index contributed by atoms with van der Waals surface area (Å²) >= 11 is 6.08. The fourth-order valence-corrected chi connectivity index (χ4v) is 2.13. The van der Waals surface area contributed by atoms with E-state index in [0.717, 1.165) is 22.8 Å².